The average Bonchev–Trinajstić information content (AvgIpc) is 2.60. The molecule has 1 N–H and O–H groups in total. The molecule has 0 heterocycles. The lowest BCUT2D eigenvalue weighted by Gasteiger charge is -2.17. The van der Waals surface area contributed by atoms with Crippen LogP contribution in [0.1, 0.15) is 24.1 Å². The predicted molar refractivity (Wildman–Crippen MR) is 101 cm³/mol. The molecular formula is C19H18N2O4S. The minimum Gasteiger partial charge on any atom is -0.258 e. The number of fused-ring (bicyclic) bond motifs is 1. The van der Waals surface area contributed by atoms with Gasteiger partial charge in [-0.1, -0.05) is 48.5 Å². The van der Waals surface area contributed by atoms with Crippen molar-refractivity contribution in [2.75, 3.05) is 0 Å². The zero-order valence-corrected chi connectivity index (χ0v) is 15.2. The van der Waals surface area contributed by atoms with Gasteiger partial charge in [0.25, 0.3) is 5.69 Å². The molecule has 0 saturated carbocycles. The van der Waals surface area contributed by atoms with Crippen LogP contribution in [0.25, 0.3) is 10.8 Å². The smallest absolute Gasteiger partial charge is 0.258 e. The molecule has 1 unspecified atom stereocenters. The zero-order valence-electron chi connectivity index (χ0n) is 14.3. The second kappa shape index (κ2) is 6.86. The van der Waals surface area contributed by atoms with Gasteiger partial charge in [-0.3, -0.25) is 10.1 Å². The van der Waals surface area contributed by atoms with E-state index in [0.717, 1.165) is 22.4 Å². The third-order valence-electron chi connectivity index (χ3n) is 4.31. The van der Waals surface area contributed by atoms with Crippen molar-refractivity contribution >= 4 is 26.5 Å². The summed E-state index contributed by atoms with van der Waals surface area (Å²) in [6.07, 6.45) is 0. The molecule has 0 fully saturated rings. The maximum atomic E-state index is 12.7. The van der Waals surface area contributed by atoms with E-state index < -0.39 is 21.0 Å². The molecule has 0 radical (unpaired) electrons. The first-order chi connectivity index (χ1) is 12.3. The number of nitro groups is 1. The predicted octanol–water partition coefficient (Wildman–Crippen LogP) is 4.10. The summed E-state index contributed by atoms with van der Waals surface area (Å²) >= 11 is 0. The fourth-order valence-corrected chi connectivity index (χ4v) is 4.19. The van der Waals surface area contributed by atoms with Crippen LogP contribution in [-0.2, 0) is 10.0 Å². The number of nitro benzene ring substituents is 1. The molecule has 6 nitrogen and oxygen atoms in total. The minimum absolute atomic E-state index is 0.123. The van der Waals surface area contributed by atoms with E-state index in [0.29, 0.717) is 5.56 Å². The Morgan fingerprint density at radius 1 is 1.04 bits per heavy atom. The van der Waals surface area contributed by atoms with Crippen LogP contribution in [0, 0.1) is 17.0 Å². The molecule has 0 aliphatic carbocycles. The van der Waals surface area contributed by atoms with Gasteiger partial charge in [-0.25, -0.2) is 13.1 Å². The first kappa shape index (κ1) is 18.0. The fourth-order valence-electron chi connectivity index (χ4n) is 2.95. The zero-order chi connectivity index (χ0) is 18.9. The lowest BCUT2D eigenvalue weighted by atomic mass is 10.0. The Hall–Kier alpha value is -2.77. The molecule has 134 valence electrons. The second-order valence-electron chi connectivity index (χ2n) is 6.12. The Labute approximate surface area is 151 Å². The summed E-state index contributed by atoms with van der Waals surface area (Å²) in [5.41, 5.74) is 1.04. The highest BCUT2D eigenvalue weighted by atomic mass is 32.2. The molecule has 0 aliphatic rings. The van der Waals surface area contributed by atoms with Crippen LogP contribution in [0.15, 0.2) is 65.6 Å². The summed E-state index contributed by atoms with van der Waals surface area (Å²) < 4.78 is 28.0. The SMILES string of the molecule is Cc1ccc(S(=O)(=O)NC(C)c2cccc3ccccc23)cc1[N+](=O)[O-]. The molecule has 3 rings (SSSR count). The number of benzene rings is 3. The van der Waals surface area contributed by atoms with Crippen molar-refractivity contribution < 1.29 is 13.3 Å². The standard InChI is InChI=1S/C19H18N2O4S/c1-13-10-11-16(12-19(13)21(22)23)26(24,25)20-14(2)17-9-5-7-15-6-3-4-8-18(15)17/h3-12,14,20H,1-2H3. The first-order valence-electron chi connectivity index (χ1n) is 8.04. The van der Waals surface area contributed by atoms with Crippen LogP contribution in [0.4, 0.5) is 5.69 Å². The Kier molecular flexibility index (Phi) is 4.76. The second-order valence-corrected chi connectivity index (χ2v) is 7.83. The van der Waals surface area contributed by atoms with Gasteiger partial charge in [0.05, 0.1) is 9.82 Å². The van der Waals surface area contributed by atoms with Crippen molar-refractivity contribution in [3.05, 3.63) is 81.9 Å². The molecule has 1 atom stereocenters. The maximum Gasteiger partial charge on any atom is 0.273 e. The van der Waals surface area contributed by atoms with Gasteiger partial charge < -0.3 is 0 Å². The molecule has 3 aromatic carbocycles. The van der Waals surface area contributed by atoms with Gasteiger partial charge >= 0.3 is 0 Å². The van der Waals surface area contributed by atoms with Gasteiger partial charge in [-0.2, -0.15) is 0 Å². The number of nitrogens with zero attached hydrogens (tertiary/aromatic N) is 1. The van der Waals surface area contributed by atoms with Crippen LogP contribution in [0.3, 0.4) is 0 Å². The van der Waals surface area contributed by atoms with E-state index >= 15 is 0 Å². The van der Waals surface area contributed by atoms with Crippen molar-refractivity contribution in [1.82, 2.24) is 4.72 Å². The highest BCUT2D eigenvalue weighted by Crippen LogP contribution is 2.27. The van der Waals surface area contributed by atoms with Crippen molar-refractivity contribution in [2.45, 2.75) is 24.8 Å². The number of aryl methyl sites for hydroxylation is 1. The van der Waals surface area contributed by atoms with Crippen LogP contribution in [-0.4, -0.2) is 13.3 Å². The van der Waals surface area contributed by atoms with Crippen molar-refractivity contribution in [3.63, 3.8) is 0 Å². The van der Waals surface area contributed by atoms with Crippen LogP contribution < -0.4 is 4.72 Å². The third-order valence-corrected chi connectivity index (χ3v) is 5.85. The summed E-state index contributed by atoms with van der Waals surface area (Å²) in [7, 11) is -3.90. The number of hydrogen-bond acceptors (Lipinski definition) is 4. The summed E-state index contributed by atoms with van der Waals surface area (Å²) in [4.78, 5) is 10.4. The molecule has 7 heteroatoms. The Morgan fingerprint density at radius 3 is 2.46 bits per heavy atom. The monoisotopic (exact) mass is 370 g/mol. The highest BCUT2D eigenvalue weighted by Gasteiger charge is 2.22. The number of rotatable bonds is 5. The molecule has 0 aliphatic heterocycles. The van der Waals surface area contributed by atoms with Gasteiger partial charge in [-0.15, -0.1) is 0 Å². The van der Waals surface area contributed by atoms with Gasteiger partial charge in [0.2, 0.25) is 10.0 Å². The minimum atomic E-state index is -3.90. The summed E-state index contributed by atoms with van der Waals surface area (Å²) in [5.74, 6) is 0. The lowest BCUT2D eigenvalue weighted by molar-refractivity contribution is -0.385. The molecular weight excluding hydrogens is 352 g/mol. The van der Waals surface area contributed by atoms with Gasteiger partial charge in [0, 0.05) is 17.7 Å². The molecule has 0 aromatic heterocycles. The largest absolute Gasteiger partial charge is 0.273 e. The van der Waals surface area contributed by atoms with Crippen LogP contribution in [0.2, 0.25) is 0 Å². The summed E-state index contributed by atoms with van der Waals surface area (Å²) in [6, 6.07) is 16.8. The fraction of sp³-hybridized carbons (Fsp3) is 0.158. The van der Waals surface area contributed by atoms with Gasteiger partial charge in [-0.05, 0) is 36.2 Å². The van der Waals surface area contributed by atoms with Gasteiger partial charge in [0.1, 0.15) is 0 Å². The van der Waals surface area contributed by atoms with E-state index in [9.17, 15) is 18.5 Å². The Morgan fingerprint density at radius 2 is 1.73 bits per heavy atom. The summed E-state index contributed by atoms with van der Waals surface area (Å²) in [6.45, 7) is 3.32. The van der Waals surface area contributed by atoms with E-state index in [2.05, 4.69) is 4.72 Å². The van der Waals surface area contributed by atoms with Crippen LogP contribution in [0.5, 0.6) is 0 Å². The maximum absolute atomic E-state index is 12.7. The normalized spacial score (nSPS) is 12.8. The first-order valence-corrected chi connectivity index (χ1v) is 9.53. The summed E-state index contributed by atoms with van der Waals surface area (Å²) in [5, 5.41) is 13.1. The number of hydrogen-bond donors (Lipinski definition) is 1. The van der Waals surface area contributed by atoms with E-state index in [-0.39, 0.29) is 10.6 Å². The number of sulfonamides is 1. The van der Waals surface area contributed by atoms with Crippen molar-refractivity contribution in [1.29, 1.82) is 0 Å². The molecule has 0 saturated heterocycles. The topological polar surface area (TPSA) is 89.3 Å². The highest BCUT2D eigenvalue weighted by molar-refractivity contribution is 7.89. The molecule has 3 aromatic rings. The van der Waals surface area contributed by atoms with E-state index in [1.54, 1.807) is 13.8 Å². The Bertz CT molecular complexity index is 1090. The average molecular weight is 370 g/mol. The number of nitrogens with one attached hydrogen (secondary N) is 1. The molecule has 0 amide bonds. The molecule has 0 spiro atoms. The molecule has 0 bridgehead atoms. The van der Waals surface area contributed by atoms with Crippen molar-refractivity contribution in [2.24, 2.45) is 0 Å². The van der Waals surface area contributed by atoms with E-state index in [4.69, 9.17) is 0 Å². The quantitative estimate of drug-likeness (QED) is 0.541. The third kappa shape index (κ3) is 3.44. The van der Waals surface area contributed by atoms with Crippen LogP contribution >= 0.6 is 0 Å². The van der Waals surface area contributed by atoms with Gasteiger partial charge in [0.15, 0.2) is 0 Å². The van der Waals surface area contributed by atoms with Crippen molar-refractivity contribution in [3.8, 4) is 0 Å². The lowest BCUT2D eigenvalue weighted by Crippen LogP contribution is -2.27. The van der Waals surface area contributed by atoms with E-state index in [1.165, 1.54) is 12.1 Å². The Balaban J connectivity index is 1.97. The van der Waals surface area contributed by atoms with E-state index in [1.807, 2.05) is 42.5 Å². The molecule has 26 heavy (non-hydrogen) atoms.